The Labute approximate surface area is 185 Å². The Bertz CT molecular complexity index is 1030. The largest absolute Gasteiger partial charge is 0.373 e. The van der Waals surface area contributed by atoms with E-state index in [9.17, 15) is 4.79 Å². The highest BCUT2D eigenvalue weighted by molar-refractivity contribution is 6.18. The number of rotatable bonds is 8. The lowest BCUT2D eigenvalue weighted by Gasteiger charge is -2.21. The Hall–Kier alpha value is -3.44. The molecule has 0 aliphatic carbocycles. The SMILES string of the molecule is C=Cc1cccc(/C=C/C2=NC(=C\c3ccc(N(C)CCN(C)C)cc3)/C(=O)N2C)c1. The molecular formula is C26H30N4O. The van der Waals surface area contributed by atoms with Crippen LogP contribution < -0.4 is 4.90 Å². The predicted octanol–water partition coefficient (Wildman–Crippen LogP) is 4.25. The minimum Gasteiger partial charge on any atom is -0.373 e. The van der Waals surface area contributed by atoms with E-state index in [-0.39, 0.29) is 5.91 Å². The summed E-state index contributed by atoms with van der Waals surface area (Å²) in [7, 11) is 7.97. The van der Waals surface area contributed by atoms with Gasteiger partial charge in [-0.25, -0.2) is 4.99 Å². The van der Waals surface area contributed by atoms with Crippen molar-refractivity contribution in [1.82, 2.24) is 9.80 Å². The zero-order chi connectivity index (χ0) is 22.4. The maximum absolute atomic E-state index is 12.6. The highest BCUT2D eigenvalue weighted by Crippen LogP contribution is 2.20. The molecule has 0 N–H and O–H groups in total. The molecule has 1 aliphatic rings. The molecule has 2 aromatic carbocycles. The van der Waals surface area contributed by atoms with Gasteiger partial charge in [0.15, 0.2) is 0 Å². The molecule has 0 saturated heterocycles. The molecule has 0 unspecified atom stereocenters. The predicted molar refractivity (Wildman–Crippen MR) is 132 cm³/mol. The Morgan fingerprint density at radius 3 is 2.35 bits per heavy atom. The molecule has 2 aromatic rings. The van der Waals surface area contributed by atoms with Gasteiger partial charge < -0.3 is 9.80 Å². The first-order valence-electron chi connectivity index (χ1n) is 10.3. The molecule has 160 valence electrons. The summed E-state index contributed by atoms with van der Waals surface area (Å²) in [4.78, 5) is 23.1. The van der Waals surface area contributed by atoms with Gasteiger partial charge in [0.2, 0.25) is 0 Å². The fraction of sp³-hybridized carbons (Fsp3) is 0.231. The standard InChI is InChI=1S/C26H30N4O/c1-6-20-8-7-9-21(18-20)12-15-25-27-24(26(31)30(25)5)19-22-10-13-23(14-11-22)29(4)17-16-28(2)3/h6-15,18-19H,1,16-17H2,2-5H3/b15-12+,24-19-. The summed E-state index contributed by atoms with van der Waals surface area (Å²) in [6.45, 7) is 5.74. The number of likely N-dealkylation sites (N-methyl/N-ethyl adjacent to an activating group) is 3. The van der Waals surface area contributed by atoms with Crippen LogP contribution in [-0.2, 0) is 4.79 Å². The Morgan fingerprint density at radius 1 is 0.968 bits per heavy atom. The van der Waals surface area contributed by atoms with Gasteiger partial charge in [0.05, 0.1) is 0 Å². The van der Waals surface area contributed by atoms with E-state index in [4.69, 9.17) is 0 Å². The smallest absolute Gasteiger partial charge is 0.277 e. The van der Waals surface area contributed by atoms with Crippen LogP contribution in [0.4, 0.5) is 5.69 Å². The number of carbonyl (C=O) groups is 1. The van der Waals surface area contributed by atoms with Crippen molar-refractivity contribution < 1.29 is 4.79 Å². The van der Waals surface area contributed by atoms with Crippen molar-refractivity contribution in [2.45, 2.75) is 0 Å². The molecule has 0 aromatic heterocycles. The van der Waals surface area contributed by atoms with Crippen LogP contribution in [0.5, 0.6) is 0 Å². The maximum Gasteiger partial charge on any atom is 0.277 e. The number of benzene rings is 2. The van der Waals surface area contributed by atoms with E-state index < -0.39 is 0 Å². The quantitative estimate of drug-likeness (QED) is 0.606. The van der Waals surface area contributed by atoms with Crippen LogP contribution in [0.2, 0.25) is 0 Å². The molecule has 1 heterocycles. The lowest BCUT2D eigenvalue weighted by molar-refractivity contribution is -0.121. The molecule has 0 atom stereocenters. The van der Waals surface area contributed by atoms with Crippen molar-refractivity contribution in [3.05, 3.63) is 83.6 Å². The van der Waals surface area contributed by atoms with Crippen LogP contribution >= 0.6 is 0 Å². The Kier molecular flexibility index (Phi) is 7.21. The van der Waals surface area contributed by atoms with E-state index in [1.165, 1.54) is 0 Å². The van der Waals surface area contributed by atoms with Crippen LogP contribution in [0.1, 0.15) is 16.7 Å². The minimum absolute atomic E-state index is 0.105. The molecule has 0 saturated carbocycles. The van der Waals surface area contributed by atoms with E-state index >= 15 is 0 Å². The Balaban J connectivity index is 1.74. The molecule has 0 bridgehead atoms. The van der Waals surface area contributed by atoms with Gasteiger partial charge in [-0.1, -0.05) is 49.1 Å². The number of hydrogen-bond donors (Lipinski definition) is 0. The van der Waals surface area contributed by atoms with Gasteiger partial charge in [-0.3, -0.25) is 9.69 Å². The third-order valence-electron chi connectivity index (χ3n) is 5.19. The van der Waals surface area contributed by atoms with E-state index in [1.807, 2.05) is 60.7 Å². The third kappa shape index (κ3) is 5.80. The monoisotopic (exact) mass is 414 g/mol. The summed E-state index contributed by atoms with van der Waals surface area (Å²) in [6, 6.07) is 16.2. The zero-order valence-electron chi connectivity index (χ0n) is 18.7. The van der Waals surface area contributed by atoms with Gasteiger partial charge in [-0.2, -0.15) is 0 Å². The molecule has 0 spiro atoms. The first-order valence-corrected chi connectivity index (χ1v) is 10.3. The molecule has 0 radical (unpaired) electrons. The van der Waals surface area contributed by atoms with Crippen molar-refractivity contribution >= 4 is 35.7 Å². The van der Waals surface area contributed by atoms with Crippen molar-refractivity contribution in [2.75, 3.05) is 46.2 Å². The number of anilines is 1. The van der Waals surface area contributed by atoms with Gasteiger partial charge >= 0.3 is 0 Å². The summed E-state index contributed by atoms with van der Waals surface area (Å²) in [5.74, 6) is 0.520. The molecule has 1 amide bonds. The summed E-state index contributed by atoms with van der Waals surface area (Å²) in [5, 5.41) is 0. The number of amides is 1. The molecule has 0 fully saturated rings. The first kappa shape index (κ1) is 22.2. The second-order valence-corrected chi connectivity index (χ2v) is 7.89. The average Bonchev–Trinajstić information content (AvgIpc) is 3.04. The number of nitrogens with zero attached hydrogens (tertiary/aromatic N) is 4. The fourth-order valence-corrected chi connectivity index (χ4v) is 3.19. The van der Waals surface area contributed by atoms with Crippen LogP contribution in [0.3, 0.4) is 0 Å². The molecule has 1 aliphatic heterocycles. The summed E-state index contributed by atoms with van der Waals surface area (Å²) >= 11 is 0. The van der Waals surface area contributed by atoms with E-state index in [0.29, 0.717) is 11.5 Å². The summed E-state index contributed by atoms with van der Waals surface area (Å²) in [5.41, 5.74) is 4.63. The zero-order valence-corrected chi connectivity index (χ0v) is 18.7. The van der Waals surface area contributed by atoms with Crippen LogP contribution in [-0.4, -0.2) is 62.8 Å². The van der Waals surface area contributed by atoms with E-state index in [0.717, 1.165) is 35.5 Å². The number of aliphatic imine (C=N–C) groups is 1. The van der Waals surface area contributed by atoms with Gasteiger partial charge in [0, 0.05) is 32.9 Å². The van der Waals surface area contributed by atoms with E-state index in [2.05, 4.69) is 54.6 Å². The normalized spacial score (nSPS) is 15.3. The van der Waals surface area contributed by atoms with Crippen molar-refractivity contribution in [1.29, 1.82) is 0 Å². The molecule has 5 heteroatoms. The lowest BCUT2D eigenvalue weighted by atomic mass is 10.1. The first-order chi connectivity index (χ1) is 14.9. The van der Waals surface area contributed by atoms with Gasteiger partial charge in [0.1, 0.15) is 11.5 Å². The average molecular weight is 415 g/mol. The van der Waals surface area contributed by atoms with Crippen molar-refractivity contribution in [2.24, 2.45) is 4.99 Å². The number of carbonyl (C=O) groups excluding carboxylic acids is 1. The fourth-order valence-electron chi connectivity index (χ4n) is 3.19. The summed E-state index contributed by atoms with van der Waals surface area (Å²) < 4.78 is 0. The minimum atomic E-state index is -0.105. The lowest BCUT2D eigenvalue weighted by Crippen LogP contribution is -2.28. The summed E-state index contributed by atoms with van der Waals surface area (Å²) in [6.07, 6.45) is 7.47. The second-order valence-electron chi connectivity index (χ2n) is 7.89. The van der Waals surface area contributed by atoms with Crippen molar-refractivity contribution in [3.63, 3.8) is 0 Å². The third-order valence-corrected chi connectivity index (χ3v) is 5.19. The maximum atomic E-state index is 12.6. The van der Waals surface area contributed by atoms with Gasteiger partial charge in [0.25, 0.3) is 5.91 Å². The Morgan fingerprint density at radius 2 is 1.68 bits per heavy atom. The second kappa shape index (κ2) is 10.0. The molecule has 3 rings (SSSR count). The van der Waals surface area contributed by atoms with Gasteiger partial charge in [-0.15, -0.1) is 0 Å². The van der Waals surface area contributed by atoms with Crippen LogP contribution in [0.15, 0.2) is 71.9 Å². The van der Waals surface area contributed by atoms with Crippen molar-refractivity contribution in [3.8, 4) is 0 Å². The van der Waals surface area contributed by atoms with Gasteiger partial charge in [-0.05, 0) is 61.1 Å². The van der Waals surface area contributed by atoms with E-state index in [1.54, 1.807) is 11.9 Å². The highest BCUT2D eigenvalue weighted by Gasteiger charge is 2.25. The number of hydrogen-bond acceptors (Lipinski definition) is 4. The van der Waals surface area contributed by atoms with Crippen LogP contribution in [0.25, 0.3) is 18.2 Å². The van der Waals surface area contributed by atoms with Crippen LogP contribution in [0, 0.1) is 0 Å². The molecular weight excluding hydrogens is 384 g/mol. The number of amidine groups is 1. The molecule has 31 heavy (non-hydrogen) atoms. The molecule has 5 nitrogen and oxygen atoms in total. The topological polar surface area (TPSA) is 39.1 Å². The highest BCUT2D eigenvalue weighted by atomic mass is 16.2.